The second kappa shape index (κ2) is 6.84. The molecule has 1 aromatic carbocycles. The van der Waals surface area contributed by atoms with Gasteiger partial charge in [0.2, 0.25) is 5.91 Å². The smallest absolute Gasteiger partial charge is 0.256 e. The molecule has 1 N–H and O–H groups in total. The molecule has 0 saturated heterocycles. The molecule has 1 unspecified atom stereocenters. The van der Waals surface area contributed by atoms with Crippen LogP contribution in [0, 0.1) is 27.7 Å². The fourth-order valence-corrected chi connectivity index (χ4v) is 3.63. The molecule has 3 rings (SSSR count). The number of thioether (sulfide) groups is 1. The molecular weight excluding hydrogens is 334 g/mol. The zero-order valence-corrected chi connectivity index (χ0v) is 15.8. The summed E-state index contributed by atoms with van der Waals surface area (Å²) in [5.74, 6) is 0.499. The molecular formula is C18H21N5OS. The van der Waals surface area contributed by atoms with Crippen LogP contribution in [0.4, 0.5) is 5.69 Å². The van der Waals surface area contributed by atoms with Crippen LogP contribution in [0.3, 0.4) is 0 Å². The topological polar surface area (TPSA) is 72.2 Å². The molecule has 2 aromatic heterocycles. The minimum atomic E-state index is -0.313. The Hall–Kier alpha value is -2.41. The molecule has 130 valence electrons. The van der Waals surface area contributed by atoms with Crippen molar-refractivity contribution >= 4 is 29.1 Å². The first-order chi connectivity index (χ1) is 11.9. The van der Waals surface area contributed by atoms with E-state index in [4.69, 9.17) is 0 Å². The maximum absolute atomic E-state index is 12.6. The first-order valence-corrected chi connectivity index (χ1v) is 8.98. The molecule has 0 bridgehead atoms. The number of amides is 1. The number of para-hydroxylation sites is 1. The number of carbonyl (C=O) groups is 1. The van der Waals surface area contributed by atoms with Gasteiger partial charge in [-0.3, -0.25) is 9.20 Å². The van der Waals surface area contributed by atoms with Gasteiger partial charge < -0.3 is 5.32 Å². The fraction of sp³-hybridized carbons (Fsp3) is 0.333. The molecule has 6 nitrogen and oxygen atoms in total. The molecule has 0 aliphatic heterocycles. The summed E-state index contributed by atoms with van der Waals surface area (Å²) in [7, 11) is 0. The van der Waals surface area contributed by atoms with Gasteiger partial charge in [0.15, 0.2) is 5.16 Å². The average molecular weight is 355 g/mol. The van der Waals surface area contributed by atoms with Gasteiger partial charge in [-0.1, -0.05) is 30.0 Å². The van der Waals surface area contributed by atoms with E-state index < -0.39 is 0 Å². The Morgan fingerprint density at radius 3 is 2.52 bits per heavy atom. The normalized spacial score (nSPS) is 12.4. The van der Waals surface area contributed by atoms with Crippen molar-refractivity contribution in [3.05, 3.63) is 46.8 Å². The van der Waals surface area contributed by atoms with E-state index in [1.165, 1.54) is 11.8 Å². The number of anilines is 1. The van der Waals surface area contributed by atoms with Gasteiger partial charge >= 0.3 is 0 Å². The number of nitrogens with one attached hydrogen (secondary N) is 1. The van der Waals surface area contributed by atoms with E-state index in [0.717, 1.165) is 28.2 Å². The van der Waals surface area contributed by atoms with Crippen molar-refractivity contribution in [2.45, 2.75) is 45.0 Å². The first kappa shape index (κ1) is 17.4. The highest BCUT2D eigenvalue weighted by Crippen LogP contribution is 2.25. The van der Waals surface area contributed by atoms with Crippen LogP contribution in [0.25, 0.3) is 5.78 Å². The summed E-state index contributed by atoms with van der Waals surface area (Å²) < 4.78 is 1.88. The lowest BCUT2D eigenvalue weighted by Gasteiger charge is -2.15. The molecule has 0 spiro atoms. The Labute approximate surface area is 151 Å². The maximum Gasteiger partial charge on any atom is 0.256 e. The van der Waals surface area contributed by atoms with Crippen LogP contribution < -0.4 is 5.32 Å². The third-order valence-electron chi connectivity index (χ3n) is 4.04. The van der Waals surface area contributed by atoms with Crippen molar-refractivity contribution in [3.8, 4) is 0 Å². The number of nitrogens with zero attached hydrogens (tertiary/aromatic N) is 4. The lowest BCUT2D eigenvalue weighted by Crippen LogP contribution is -2.23. The van der Waals surface area contributed by atoms with Gasteiger partial charge in [-0.25, -0.2) is 4.98 Å². The van der Waals surface area contributed by atoms with Crippen LogP contribution in [0.1, 0.15) is 29.4 Å². The van der Waals surface area contributed by atoms with Gasteiger partial charge in [0.25, 0.3) is 5.78 Å². The summed E-state index contributed by atoms with van der Waals surface area (Å²) in [6, 6.07) is 7.94. The van der Waals surface area contributed by atoms with Crippen LogP contribution >= 0.6 is 11.8 Å². The van der Waals surface area contributed by atoms with Gasteiger partial charge in [0.1, 0.15) is 0 Å². The summed E-state index contributed by atoms with van der Waals surface area (Å²) >= 11 is 1.38. The van der Waals surface area contributed by atoms with E-state index >= 15 is 0 Å². The number of hydrogen-bond donors (Lipinski definition) is 1. The van der Waals surface area contributed by atoms with Gasteiger partial charge in [0.05, 0.1) is 5.25 Å². The minimum Gasteiger partial charge on any atom is -0.325 e. The number of fused-ring (bicyclic) bond motifs is 1. The monoisotopic (exact) mass is 355 g/mol. The molecule has 7 heteroatoms. The largest absolute Gasteiger partial charge is 0.325 e. The number of hydrogen-bond acceptors (Lipinski definition) is 5. The maximum atomic E-state index is 12.6. The summed E-state index contributed by atoms with van der Waals surface area (Å²) in [4.78, 5) is 17.0. The van der Waals surface area contributed by atoms with E-state index in [1.54, 1.807) is 0 Å². The minimum absolute atomic E-state index is 0.0585. The number of aromatic nitrogens is 4. The van der Waals surface area contributed by atoms with Crippen molar-refractivity contribution in [1.29, 1.82) is 0 Å². The highest BCUT2D eigenvalue weighted by Gasteiger charge is 2.20. The third kappa shape index (κ3) is 3.51. The molecule has 2 heterocycles. The second-order valence-electron chi connectivity index (χ2n) is 6.17. The molecule has 0 saturated carbocycles. The molecule has 0 radical (unpaired) electrons. The summed E-state index contributed by atoms with van der Waals surface area (Å²) in [5.41, 5.74) is 4.87. The zero-order valence-electron chi connectivity index (χ0n) is 15.0. The number of rotatable bonds is 4. The molecule has 1 amide bonds. The van der Waals surface area contributed by atoms with Crippen LogP contribution in [-0.2, 0) is 4.79 Å². The van der Waals surface area contributed by atoms with Crippen molar-refractivity contribution in [2.24, 2.45) is 0 Å². The van der Waals surface area contributed by atoms with Crippen LogP contribution in [-0.4, -0.2) is 30.7 Å². The summed E-state index contributed by atoms with van der Waals surface area (Å²) in [5, 5.41) is 11.7. The third-order valence-corrected chi connectivity index (χ3v) is 5.09. The van der Waals surface area contributed by atoms with Gasteiger partial charge in [0, 0.05) is 17.1 Å². The second-order valence-corrected chi connectivity index (χ2v) is 7.48. The van der Waals surface area contributed by atoms with E-state index in [9.17, 15) is 4.79 Å². The highest BCUT2D eigenvalue weighted by atomic mass is 32.2. The quantitative estimate of drug-likeness (QED) is 0.726. The van der Waals surface area contributed by atoms with Gasteiger partial charge in [-0.2, -0.15) is 0 Å². The predicted octanol–water partition coefficient (Wildman–Crippen LogP) is 3.48. The SMILES string of the molecule is Cc1cc(C)n2c(SC(C)C(=O)Nc3c(C)cccc3C)nnc2n1. The van der Waals surface area contributed by atoms with E-state index in [1.807, 2.05) is 63.3 Å². The van der Waals surface area contributed by atoms with Crippen molar-refractivity contribution in [3.63, 3.8) is 0 Å². The van der Waals surface area contributed by atoms with E-state index in [2.05, 4.69) is 20.5 Å². The van der Waals surface area contributed by atoms with E-state index in [-0.39, 0.29) is 11.2 Å². The molecule has 1 atom stereocenters. The van der Waals surface area contributed by atoms with Crippen LogP contribution in [0.2, 0.25) is 0 Å². The zero-order chi connectivity index (χ0) is 18.1. The number of aryl methyl sites for hydroxylation is 4. The Morgan fingerprint density at radius 1 is 1.16 bits per heavy atom. The highest BCUT2D eigenvalue weighted by molar-refractivity contribution is 8.00. The standard InChI is InChI=1S/C18H21N5OS/c1-10-7-6-8-11(2)15(10)20-16(24)14(5)25-18-22-21-17-19-12(3)9-13(4)23(17)18/h6-9,14H,1-5H3,(H,20,24). The predicted molar refractivity (Wildman–Crippen MR) is 100 cm³/mol. The first-order valence-electron chi connectivity index (χ1n) is 8.10. The Morgan fingerprint density at radius 2 is 1.84 bits per heavy atom. The van der Waals surface area contributed by atoms with Crippen LogP contribution in [0.5, 0.6) is 0 Å². The average Bonchev–Trinajstić information content (AvgIpc) is 2.93. The Bertz CT molecular complexity index is 930. The Balaban J connectivity index is 1.80. The lowest BCUT2D eigenvalue weighted by atomic mass is 10.1. The summed E-state index contributed by atoms with van der Waals surface area (Å²) in [6.07, 6.45) is 0. The van der Waals surface area contributed by atoms with Crippen LogP contribution in [0.15, 0.2) is 29.4 Å². The number of benzene rings is 1. The van der Waals surface area contributed by atoms with E-state index in [0.29, 0.717) is 10.9 Å². The van der Waals surface area contributed by atoms with Gasteiger partial charge in [-0.05, 0) is 51.8 Å². The molecule has 0 fully saturated rings. The molecule has 3 aromatic rings. The fourth-order valence-electron chi connectivity index (χ4n) is 2.72. The Kier molecular flexibility index (Phi) is 4.76. The molecule has 25 heavy (non-hydrogen) atoms. The lowest BCUT2D eigenvalue weighted by molar-refractivity contribution is -0.115. The summed E-state index contributed by atoms with van der Waals surface area (Å²) in [6.45, 7) is 9.75. The van der Waals surface area contributed by atoms with Gasteiger partial charge in [-0.15, -0.1) is 10.2 Å². The molecule has 0 aliphatic carbocycles. The van der Waals surface area contributed by atoms with Crippen molar-refractivity contribution in [2.75, 3.05) is 5.32 Å². The molecule has 0 aliphatic rings. The number of carbonyl (C=O) groups excluding carboxylic acids is 1. The van der Waals surface area contributed by atoms with Crippen molar-refractivity contribution in [1.82, 2.24) is 19.6 Å². The van der Waals surface area contributed by atoms with Crippen molar-refractivity contribution < 1.29 is 4.79 Å².